The van der Waals surface area contributed by atoms with Crippen molar-refractivity contribution in [3.63, 3.8) is 0 Å². The lowest BCUT2D eigenvalue weighted by molar-refractivity contribution is -0.419. The van der Waals surface area contributed by atoms with Crippen molar-refractivity contribution < 1.29 is 4.92 Å². The quantitative estimate of drug-likeness (QED) is 0.545. The highest BCUT2D eigenvalue weighted by Gasteiger charge is 2.14. The van der Waals surface area contributed by atoms with Gasteiger partial charge < -0.3 is 4.90 Å². The zero-order valence-electron chi connectivity index (χ0n) is 8.04. The maximum absolute atomic E-state index is 10.6. The van der Waals surface area contributed by atoms with E-state index in [-0.39, 0.29) is 10.6 Å². The van der Waals surface area contributed by atoms with E-state index in [9.17, 15) is 10.1 Å². The van der Waals surface area contributed by atoms with Crippen LogP contribution in [0.1, 0.15) is 0 Å². The van der Waals surface area contributed by atoms with Crippen molar-refractivity contribution in [3.8, 4) is 0 Å². The van der Waals surface area contributed by atoms with Crippen molar-refractivity contribution in [2.75, 3.05) is 11.4 Å². The molecule has 15 heavy (non-hydrogen) atoms. The normalized spacial score (nSPS) is 14.9. The minimum Gasteiger partial charge on any atom is -0.338 e. The number of nitrogens with zero attached hydrogens (tertiary/aromatic N) is 2. The van der Waals surface area contributed by atoms with Crippen LogP contribution in [0.3, 0.4) is 0 Å². The zero-order chi connectivity index (χ0) is 10.7. The third-order valence-electron chi connectivity index (χ3n) is 2.18. The molecule has 1 aromatic carbocycles. The molecular weight excluding hydrogens is 192 g/mol. The van der Waals surface area contributed by atoms with E-state index in [0.29, 0.717) is 6.54 Å². The third kappa shape index (κ3) is 2.04. The van der Waals surface area contributed by atoms with E-state index in [4.69, 9.17) is 0 Å². The van der Waals surface area contributed by atoms with Gasteiger partial charge in [0.1, 0.15) is 0 Å². The second kappa shape index (κ2) is 3.96. The highest BCUT2D eigenvalue weighted by molar-refractivity contribution is 5.51. The van der Waals surface area contributed by atoms with Gasteiger partial charge in [-0.25, -0.2) is 0 Å². The molecule has 0 unspecified atom stereocenters. The van der Waals surface area contributed by atoms with Crippen LogP contribution in [0.25, 0.3) is 0 Å². The summed E-state index contributed by atoms with van der Waals surface area (Å²) in [6.07, 6.45) is 4.86. The molecular formula is C11H10N2O2. The van der Waals surface area contributed by atoms with Gasteiger partial charge in [0.15, 0.2) is 0 Å². The molecule has 0 amide bonds. The van der Waals surface area contributed by atoms with Crippen molar-refractivity contribution in [1.29, 1.82) is 0 Å². The Kier molecular flexibility index (Phi) is 2.49. The summed E-state index contributed by atoms with van der Waals surface area (Å²) in [5.41, 5.74) is 1.08. The summed E-state index contributed by atoms with van der Waals surface area (Å²) in [5.74, 6) is 0. The highest BCUT2D eigenvalue weighted by Crippen LogP contribution is 2.18. The number of anilines is 1. The number of rotatable bonds is 2. The Balaban J connectivity index is 2.27. The fourth-order valence-corrected chi connectivity index (χ4v) is 1.45. The number of hydrogen-bond donors (Lipinski definition) is 0. The van der Waals surface area contributed by atoms with Gasteiger partial charge in [-0.3, -0.25) is 10.1 Å². The highest BCUT2D eigenvalue weighted by atomic mass is 16.6. The molecule has 4 heteroatoms. The lowest BCUT2D eigenvalue weighted by Gasteiger charge is -2.20. The van der Waals surface area contributed by atoms with Crippen LogP contribution < -0.4 is 4.90 Å². The van der Waals surface area contributed by atoms with Crippen molar-refractivity contribution in [2.24, 2.45) is 0 Å². The molecule has 0 fully saturated rings. The van der Waals surface area contributed by atoms with Crippen LogP contribution in [0, 0.1) is 10.1 Å². The van der Waals surface area contributed by atoms with Crippen molar-refractivity contribution in [2.45, 2.75) is 0 Å². The van der Waals surface area contributed by atoms with Gasteiger partial charge in [0.05, 0.1) is 11.1 Å². The zero-order valence-corrected chi connectivity index (χ0v) is 8.04. The van der Waals surface area contributed by atoms with E-state index in [1.54, 1.807) is 12.3 Å². The molecule has 1 aliphatic rings. The van der Waals surface area contributed by atoms with E-state index in [1.807, 2.05) is 35.2 Å². The fraction of sp³-hybridized carbons (Fsp3) is 0.0909. The van der Waals surface area contributed by atoms with Gasteiger partial charge in [-0.15, -0.1) is 0 Å². The first-order chi connectivity index (χ1) is 7.27. The second-order valence-electron chi connectivity index (χ2n) is 3.20. The molecule has 1 heterocycles. The van der Waals surface area contributed by atoms with Crippen molar-refractivity contribution in [3.05, 3.63) is 64.5 Å². The largest absolute Gasteiger partial charge is 0.338 e. The molecule has 76 valence electrons. The number of hydrogen-bond acceptors (Lipinski definition) is 3. The Morgan fingerprint density at radius 1 is 1.27 bits per heavy atom. The fourth-order valence-electron chi connectivity index (χ4n) is 1.45. The molecule has 0 saturated heterocycles. The maximum atomic E-state index is 10.6. The SMILES string of the molecule is O=[N+]([O-])C1=CN(c2ccccc2)CC=C1. The Hall–Kier alpha value is -2.10. The molecule has 0 bridgehead atoms. The predicted molar refractivity (Wildman–Crippen MR) is 58.0 cm³/mol. The summed E-state index contributed by atoms with van der Waals surface area (Å²) < 4.78 is 0. The van der Waals surface area contributed by atoms with Crippen LogP contribution in [0.2, 0.25) is 0 Å². The van der Waals surface area contributed by atoms with Crippen LogP contribution >= 0.6 is 0 Å². The van der Waals surface area contributed by atoms with Crippen LogP contribution in [0.5, 0.6) is 0 Å². The van der Waals surface area contributed by atoms with Crippen LogP contribution in [-0.4, -0.2) is 11.5 Å². The smallest absolute Gasteiger partial charge is 0.285 e. The standard InChI is InChI=1S/C11H10N2O2/c14-13(15)11-7-4-8-12(9-11)10-5-2-1-3-6-10/h1-7,9H,8H2. The van der Waals surface area contributed by atoms with Gasteiger partial charge >= 0.3 is 0 Å². The predicted octanol–water partition coefficient (Wildman–Crippen LogP) is 2.18. The summed E-state index contributed by atoms with van der Waals surface area (Å²) in [6.45, 7) is 0.668. The molecule has 4 nitrogen and oxygen atoms in total. The average molecular weight is 202 g/mol. The first-order valence-corrected chi connectivity index (χ1v) is 4.62. The van der Waals surface area contributed by atoms with Gasteiger partial charge in [0.2, 0.25) is 0 Å². The summed E-state index contributed by atoms with van der Waals surface area (Å²) >= 11 is 0. The number of allylic oxidation sites excluding steroid dienone is 1. The van der Waals surface area contributed by atoms with Gasteiger partial charge in [-0.05, 0) is 12.1 Å². The molecule has 1 aromatic rings. The molecule has 0 aliphatic carbocycles. The minimum atomic E-state index is -0.383. The van der Waals surface area contributed by atoms with E-state index in [1.165, 1.54) is 6.08 Å². The summed E-state index contributed by atoms with van der Waals surface area (Å²) in [5, 5.41) is 10.6. The number of para-hydroxylation sites is 1. The number of benzene rings is 1. The van der Waals surface area contributed by atoms with E-state index >= 15 is 0 Å². The molecule has 0 atom stereocenters. The van der Waals surface area contributed by atoms with E-state index < -0.39 is 0 Å². The molecule has 0 radical (unpaired) electrons. The van der Waals surface area contributed by atoms with Crippen LogP contribution in [-0.2, 0) is 0 Å². The molecule has 0 N–H and O–H groups in total. The van der Waals surface area contributed by atoms with Gasteiger partial charge in [0.25, 0.3) is 5.70 Å². The monoisotopic (exact) mass is 202 g/mol. The summed E-state index contributed by atoms with van der Waals surface area (Å²) in [7, 11) is 0. The molecule has 0 saturated carbocycles. The lowest BCUT2D eigenvalue weighted by atomic mass is 10.2. The van der Waals surface area contributed by atoms with Gasteiger partial charge in [0, 0.05) is 18.3 Å². The Morgan fingerprint density at radius 3 is 2.67 bits per heavy atom. The van der Waals surface area contributed by atoms with Crippen molar-refractivity contribution >= 4 is 5.69 Å². The van der Waals surface area contributed by atoms with Crippen molar-refractivity contribution in [1.82, 2.24) is 0 Å². The summed E-state index contributed by atoms with van der Waals surface area (Å²) in [6, 6.07) is 9.59. The topological polar surface area (TPSA) is 46.4 Å². The van der Waals surface area contributed by atoms with Gasteiger partial charge in [-0.1, -0.05) is 24.3 Å². The molecule has 0 aromatic heterocycles. The van der Waals surface area contributed by atoms with Gasteiger partial charge in [-0.2, -0.15) is 0 Å². The molecule has 2 rings (SSSR count). The van der Waals surface area contributed by atoms with E-state index in [2.05, 4.69) is 0 Å². The Bertz CT molecular complexity index is 423. The maximum Gasteiger partial charge on any atom is 0.285 e. The Labute approximate surface area is 87.3 Å². The third-order valence-corrected chi connectivity index (χ3v) is 2.18. The minimum absolute atomic E-state index is 0.116. The first kappa shape index (κ1) is 9.45. The number of nitro groups is 1. The van der Waals surface area contributed by atoms with E-state index in [0.717, 1.165) is 5.69 Å². The Morgan fingerprint density at radius 2 is 2.00 bits per heavy atom. The molecule has 0 spiro atoms. The lowest BCUT2D eigenvalue weighted by Crippen LogP contribution is -2.20. The second-order valence-corrected chi connectivity index (χ2v) is 3.20. The molecule has 1 aliphatic heterocycles. The first-order valence-electron chi connectivity index (χ1n) is 4.62. The van der Waals surface area contributed by atoms with Crippen LogP contribution in [0.4, 0.5) is 5.69 Å². The average Bonchev–Trinajstić information content (AvgIpc) is 2.30. The van der Waals surface area contributed by atoms with Crippen LogP contribution in [0.15, 0.2) is 54.4 Å². The summed E-state index contributed by atoms with van der Waals surface area (Å²) in [4.78, 5) is 12.1.